The van der Waals surface area contributed by atoms with Crippen molar-refractivity contribution >= 4 is 11.8 Å². The molecule has 1 N–H and O–H groups in total. The molecule has 0 amide bonds. The third-order valence-electron chi connectivity index (χ3n) is 3.78. The fourth-order valence-corrected chi connectivity index (χ4v) is 3.15. The minimum atomic E-state index is 0.181. The van der Waals surface area contributed by atoms with Gasteiger partial charge in [0.25, 0.3) is 0 Å². The molecule has 0 radical (unpaired) electrons. The van der Waals surface area contributed by atoms with Crippen LogP contribution >= 0.6 is 11.8 Å². The summed E-state index contributed by atoms with van der Waals surface area (Å²) < 4.78 is 5.38. The first-order chi connectivity index (χ1) is 8.78. The Morgan fingerprint density at radius 1 is 1.33 bits per heavy atom. The lowest BCUT2D eigenvalue weighted by atomic mass is 9.79. The van der Waals surface area contributed by atoms with Crippen molar-refractivity contribution in [3.05, 3.63) is 11.7 Å². The van der Waals surface area contributed by atoms with Crippen LogP contribution < -0.4 is 5.32 Å². The van der Waals surface area contributed by atoms with E-state index in [4.69, 9.17) is 4.52 Å². The molecule has 1 fully saturated rings. The van der Waals surface area contributed by atoms with E-state index in [1.165, 1.54) is 32.1 Å². The van der Waals surface area contributed by atoms with Crippen molar-refractivity contribution in [2.24, 2.45) is 0 Å². The van der Waals surface area contributed by atoms with E-state index in [1.54, 1.807) is 0 Å². The molecule has 18 heavy (non-hydrogen) atoms. The number of likely N-dealkylation sites (N-methyl/N-ethyl adjacent to an activating group) is 1. The molecule has 2 rings (SSSR count). The van der Waals surface area contributed by atoms with Crippen molar-refractivity contribution in [2.75, 3.05) is 12.8 Å². The van der Waals surface area contributed by atoms with E-state index in [0.29, 0.717) is 0 Å². The van der Waals surface area contributed by atoms with E-state index in [1.807, 2.05) is 11.8 Å². The lowest BCUT2D eigenvalue weighted by Gasteiger charge is -2.36. The molecule has 5 heteroatoms. The van der Waals surface area contributed by atoms with Gasteiger partial charge in [0.2, 0.25) is 5.89 Å². The molecule has 102 valence electrons. The minimum absolute atomic E-state index is 0.181. The van der Waals surface area contributed by atoms with Crippen LogP contribution in [0.3, 0.4) is 0 Å². The molecule has 0 saturated heterocycles. The maximum atomic E-state index is 5.38. The van der Waals surface area contributed by atoms with Crippen LogP contribution in [-0.2, 0) is 12.2 Å². The molecular weight excluding hydrogens is 246 g/mol. The van der Waals surface area contributed by atoms with Crippen molar-refractivity contribution < 1.29 is 4.52 Å². The average molecular weight is 269 g/mol. The van der Waals surface area contributed by atoms with Crippen molar-refractivity contribution in [1.29, 1.82) is 0 Å². The molecule has 1 saturated carbocycles. The zero-order valence-corrected chi connectivity index (χ0v) is 12.2. The zero-order chi connectivity index (χ0) is 12.8. The van der Waals surface area contributed by atoms with Crippen LogP contribution in [0.4, 0.5) is 0 Å². The lowest BCUT2D eigenvalue weighted by molar-refractivity contribution is 0.221. The molecule has 1 aliphatic rings. The number of hydrogen-bond donors (Lipinski definition) is 1. The molecule has 1 heterocycles. The monoisotopic (exact) mass is 269 g/mol. The van der Waals surface area contributed by atoms with E-state index in [-0.39, 0.29) is 5.54 Å². The van der Waals surface area contributed by atoms with Crippen LogP contribution in [0.5, 0.6) is 0 Å². The van der Waals surface area contributed by atoms with Crippen LogP contribution in [0.2, 0.25) is 0 Å². The van der Waals surface area contributed by atoms with Gasteiger partial charge in [0.05, 0.1) is 5.75 Å². The summed E-state index contributed by atoms with van der Waals surface area (Å²) >= 11 is 1.82. The van der Waals surface area contributed by atoms with E-state index < -0.39 is 0 Å². The SMILES string of the molecule is CCSCc1noc(CC2(NC)CCCCC2)n1. The average Bonchev–Trinajstić information content (AvgIpc) is 2.85. The first-order valence-corrected chi connectivity index (χ1v) is 8.01. The molecule has 0 bridgehead atoms. The summed E-state index contributed by atoms with van der Waals surface area (Å²) in [5.41, 5.74) is 0.181. The third-order valence-corrected chi connectivity index (χ3v) is 4.65. The number of hydrogen-bond acceptors (Lipinski definition) is 5. The van der Waals surface area contributed by atoms with E-state index in [2.05, 4.69) is 29.4 Å². The molecule has 0 aliphatic heterocycles. The summed E-state index contributed by atoms with van der Waals surface area (Å²) in [5.74, 6) is 3.56. The van der Waals surface area contributed by atoms with Gasteiger partial charge in [-0.3, -0.25) is 0 Å². The zero-order valence-electron chi connectivity index (χ0n) is 11.4. The maximum Gasteiger partial charge on any atom is 0.228 e. The van der Waals surface area contributed by atoms with Gasteiger partial charge < -0.3 is 9.84 Å². The molecule has 0 aromatic carbocycles. The number of nitrogens with zero attached hydrogens (tertiary/aromatic N) is 2. The fraction of sp³-hybridized carbons (Fsp3) is 0.846. The Bertz CT molecular complexity index is 361. The van der Waals surface area contributed by atoms with Gasteiger partial charge in [0.15, 0.2) is 5.82 Å². The van der Waals surface area contributed by atoms with Gasteiger partial charge in [-0.1, -0.05) is 31.3 Å². The van der Waals surface area contributed by atoms with Crippen molar-refractivity contribution in [3.8, 4) is 0 Å². The molecule has 0 unspecified atom stereocenters. The Hall–Kier alpha value is -0.550. The predicted molar refractivity (Wildman–Crippen MR) is 74.7 cm³/mol. The molecule has 1 aromatic heterocycles. The van der Waals surface area contributed by atoms with Gasteiger partial charge in [0, 0.05) is 12.0 Å². The second-order valence-electron chi connectivity index (χ2n) is 5.01. The number of thioether (sulfide) groups is 1. The topological polar surface area (TPSA) is 51.0 Å². The molecule has 0 atom stereocenters. The Labute approximate surface area is 113 Å². The highest BCUT2D eigenvalue weighted by atomic mass is 32.2. The van der Waals surface area contributed by atoms with Crippen molar-refractivity contribution in [3.63, 3.8) is 0 Å². The maximum absolute atomic E-state index is 5.38. The summed E-state index contributed by atoms with van der Waals surface area (Å²) in [4.78, 5) is 4.50. The number of nitrogens with one attached hydrogen (secondary N) is 1. The summed E-state index contributed by atoms with van der Waals surface area (Å²) in [6.45, 7) is 2.14. The van der Waals surface area contributed by atoms with Crippen LogP contribution in [-0.4, -0.2) is 28.5 Å². The fourth-order valence-electron chi connectivity index (χ4n) is 2.65. The largest absolute Gasteiger partial charge is 0.339 e. The molecule has 1 aliphatic carbocycles. The highest BCUT2D eigenvalue weighted by molar-refractivity contribution is 7.98. The van der Waals surface area contributed by atoms with Gasteiger partial charge in [-0.25, -0.2) is 0 Å². The first-order valence-electron chi connectivity index (χ1n) is 6.86. The molecule has 1 aromatic rings. The predicted octanol–water partition coefficient (Wildman–Crippen LogP) is 2.79. The van der Waals surface area contributed by atoms with Gasteiger partial charge in [-0.15, -0.1) is 0 Å². The lowest BCUT2D eigenvalue weighted by Crippen LogP contribution is -2.46. The Kier molecular flexibility index (Phi) is 5.06. The molecule has 4 nitrogen and oxygen atoms in total. The van der Waals surface area contributed by atoms with Crippen LogP contribution in [0.15, 0.2) is 4.52 Å². The highest BCUT2D eigenvalue weighted by Gasteiger charge is 2.32. The normalized spacial score (nSPS) is 19.0. The van der Waals surface area contributed by atoms with Gasteiger partial charge in [0.1, 0.15) is 0 Å². The van der Waals surface area contributed by atoms with Crippen LogP contribution in [0.25, 0.3) is 0 Å². The summed E-state index contributed by atoms with van der Waals surface area (Å²) in [7, 11) is 2.05. The second-order valence-corrected chi connectivity index (χ2v) is 6.28. The van der Waals surface area contributed by atoms with Crippen molar-refractivity contribution in [1.82, 2.24) is 15.5 Å². The van der Waals surface area contributed by atoms with Gasteiger partial charge in [-0.2, -0.15) is 16.7 Å². The third kappa shape index (κ3) is 3.48. The van der Waals surface area contributed by atoms with Crippen LogP contribution in [0.1, 0.15) is 50.7 Å². The Morgan fingerprint density at radius 3 is 2.78 bits per heavy atom. The van der Waals surface area contributed by atoms with Crippen molar-refractivity contribution in [2.45, 2.75) is 56.7 Å². The Morgan fingerprint density at radius 2 is 2.11 bits per heavy atom. The molecular formula is C13H23N3OS. The summed E-state index contributed by atoms with van der Waals surface area (Å²) in [6, 6.07) is 0. The standard InChI is InChI=1S/C13H23N3OS/c1-3-18-10-11-15-12(17-16-11)9-13(14-2)7-5-4-6-8-13/h14H,3-10H2,1-2H3. The molecule has 0 spiro atoms. The summed E-state index contributed by atoms with van der Waals surface area (Å²) in [6.07, 6.45) is 7.25. The second kappa shape index (κ2) is 6.57. The smallest absolute Gasteiger partial charge is 0.228 e. The van der Waals surface area contributed by atoms with E-state index >= 15 is 0 Å². The van der Waals surface area contributed by atoms with E-state index in [0.717, 1.165) is 29.6 Å². The van der Waals surface area contributed by atoms with Gasteiger partial charge in [-0.05, 0) is 25.6 Å². The van der Waals surface area contributed by atoms with E-state index in [9.17, 15) is 0 Å². The quantitative estimate of drug-likeness (QED) is 0.860. The van der Waals surface area contributed by atoms with Gasteiger partial charge >= 0.3 is 0 Å². The van der Waals surface area contributed by atoms with Crippen LogP contribution in [0, 0.1) is 0 Å². The summed E-state index contributed by atoms with van der Waals surface area (Å²) in [5, 5.41) is 7.54. The Balaban J connectivity index is 1.96. The highest BCUT2D eigenvalue weighted by Crippen LogP contribution is 2.30. The number of rotatable bonds is 6. The number of aromatic nitrogens is 2. The first kappa shape index (κ1) is 13.9. The minimum Gasteiger partial charge on any atom is -0.339 e.